The second kappa shape index (κ2) is 9.46. The summed E-state index contributed by atoms with van der Waals surface area (Å²) in [5.74, 6) is 0.0965. The average Bonchev–Trinajstić information content (AvgIpc) is 2.21. The summed E-state index contributed by atoms with van der Waals surface area (Å²) < 4.78 is 4.93. The van der Waals surface area contributed by atoms with Crippen LogP contribution in [-0.4, -0.2) is 31.0 Å². The number of alkyl halides is 1. The molecule has 0 fully saturated rings. The zero-order chi connectivity index (χ0) is 10.8. The lowest BCUT2D eigenvalue weighted by atomic mass is 10.2. The Morgan fingerprint density at radius 1 is 1.43 bits per heavy atom. The maximum Gasteiger partial charge on any atom is 0.233 e. The fourth-order valence-corrected chi connectivity index (χ4v) is 1.22. The van der Waals surface area contributed by atoms with E-state index in [1.54, 1.807) is 7.11 Å². The van der Waals surface area contributed by atoms with Crippen molar-refractivity contribution in [2.24, 2.45) is 0 Å². The lowest BCUT2D eigenvalue weighted by molar-refractivity contribution is -0.120. The molecule has 84 valence electrons. The number of methoxy groups -OCH3 is 1. The number of rotatable bonds is 8. The van der Waals surface area contributed by atoms with E-state index >= 15 is 0 Å². The van der Waals surface area contributed by atoms with Crippen LogP contribution >= 0.6 is 15.9 Å². The van der Waals surface area contributed by atoms with Crippen molar-refractivity contribution in [2.45, 2.75) is 37.4 Å². The summed E-state index contributed by atoms with van der Waals surface area (Å²) in [5.41, 5.74) is 0. The van der Waals surface area contributed by atoms with E-state index in [1.807, 2.05) is 6.92 Å². The van der Waals surface area contributed by atoms with Crippen LogP contribution in [0, 0.1) is 0 Å². The Hall–Kier alpha value is -0.0900. The summed E-state index contributed by atoms with van der Waals surface area (Å²) in [6.07, 6.45) is 4.03. The molecular formula is C10H20BrNO2. The third kappa shape index (κ3) is 7.33. The molecule has 0 bridgehead atoms. The molecule has 1 N–H and O–H groups in total. The van der Waals surface area contributed by atoms with Crippen LogP contribution in [0.5, 0.6) is 0 Å². The Morgan fingerprint density at radius 2 is 2.14 bits per heavy atom. The number of hydrogen-bond acceptors (Lipinski definition) is 2. The van der Waals surface area contributed by atoms with Crippen LogP contribution in [0.3, 0.4) is 0 Å². The highest BCUT2D eigenvalue weighted by Crippen LogP contribution is 2.03. The lowest BCUT2D eigenvalue weighted by Crippen LogP contribution is -2.31. The first-order valence-corrected chi connectivity index (χ1v) is 6.04. The predicted molar refractivity (Wildman–Crippen MR) is 61.7 cm³/mol. The number of ether oxygens (including phenoxy) is 1. The molecule has 0 aliphatic rings. The molecule has 0 aromatic heterocycles. The van der Waals surface area contributed by atoms with Crippen molar-refractivity contribution in [3.05, 3.63) is 0 Å². The number of halogens is 1. The van der Waals surface area contributed by atoms with Gasteiger partial charge in [-0.1, -0.05) is 22.9 Å². The van der Waals surface area contributed by atoms with Crippen LogP contribution < -0.4 is 5.32 Å². The largest absolute Gasteiger partial charge is 0.385 e. The van der Waals surface area contributed by atoms with Crippen molar-refractivity contribution < 1.29 is 9.53 Å². The van der Waals surface area contributed by atoms with Crippen molar-refractivity contribution in [3.63, 3.8) is 0 Å². The number of carbonyl (C=O) groups is 1. The number of unbranched alkanes of at least 4 members (excludes halogenated alkanes) is 2. The van der Waals surface area contributed by atoms with Crippen LogP contribution in [0.1, 0.15) is 32.6 Å². The molecule has 14 heavy (non-hydrogen) atoms. The van der Waals surface area contributed by atoms with Gasteiger partial charge < -0.3 is 10.1 Å². The number of amides is 1. The maximum atomic E-state index is 11.3. The van der Waals surface area contributed by atoms with Gasteiger partial charge in [0.1, 0.15) is 0 Å². The van der Waals surface area contributed by atoms with Crippen molar-refractivity contribution in [1.29, 1.82) is 0 Å². The second-order valence-electron chi connectivity index (χ2n) is 3.22. The van der Waals surface area contributed by atoms with E-state index in [1.165, 1.54) is 0 Å². The van der Waals surface area contributed by atoms with Gasteiger partial charge in [-0.25, -0.2) is 0 Å². The van der Waals surface area contributed by atoms with Gasteiger partial charge in [0.25, 0.3) is 0 Å². The van der Waals surface area contributed by atoms with Crippen molar-refractivity contribution in [2.75, 3.05) is 20.3 Å². The molecule has 1 unspecified atom stereocenters. The molecular weight excluding hydrogens is 246 g/mol. The summed E-state index contributed by atoms with van der Waals surface area (Å²) in [7, 11) is 1.71. The highest BCUT2D eigenvalue weighted by atomic mass is 79.9. The van der Waals surface area contributed by atoms with E-state index in [9.17, 15) is 4.79 Å². The number of nitrogens with one attached hydrogen (secondary N) is 1. The zero-order valence-corrected chi connectivity index (χ0v) is 10.6. The van der Waals surface area contributed by atoms with Gasteiger partial charge in [-0.3, -0.25) is 4.79 Å². The fourth-order valence-electron chi connectivity index (χ4n) is 1.06. The number of hydrogen-bond donors (Lipinski definition) is 1. The molecule has 0 aromatic rings. The van der Waals surface area contributed by atoms with Gasteiger partial charge in [0.15, 0.2) is 0 Å². The lowest BCUT2D eigenvalue weighted by Gasteiger charge is -2.08. The minimum atomic E-state index is -0.0403. The normalized spacial score (nSPS) is 12.5. The van der Waals surface area contributed by atoms with Crippen molar-refractivity contribution in [1.82, 2.24) is 5.32 Å². The van der Waals surface area contributed by atoms with E-state index in [-0.39, 0.29) is 10.7 Å². The van der Waals surface area contributed by atoms with Crippen LogP contribution in [0.15, 0.2) is 0 Å². The van der Waals surface area contributed by atoms with E-state index < -0.39 is 0 Å². The first kappa shape index (κ1) is 13.9. The summed E-state index contributed by atoms with van der Waals surface area (Å²) in [4.78, 5) is 11.2. The maximum absolute atomic E-state index is 11.3. The molecule has 1 amide bonds. The minimum absolute atomic E-state index is 0.0403. The van der Waals surface area contributed by atoms with Crippen molar-refractivity contribution >= 4 is 21.8 Å². The van der Waals surface area contributed by atoms with Gasteiger partial charge in [-0.15, -0.1) is 0 Å². The van der Waals surface area contributed by atoms with Gasteiger partial charge in [-0.2, -0.15) is 0 Å². The quantitative estimate of drug-likeness (QED) is 0.539. The van der Waals surface area contributed by atoms with Crippen LogP contribution in [0.2, 0.25) is 0 Å². The molecule has 0 saturated carbocycles. The third-order valence-electron chi connectivity index (χ3n) is 1.97. The fraction of sp³-hybridized carbons (Fsp3) is 0.900. The standard InChI is InChI=1S/C10H20BrNO2/c1-3-9(11)10(13)12-7-5-4-6-8-14-2/h9H,3-8H2,1-2H3,(H,12,13). The van der Waals surface area contributed by atoms with Crippen LogP contribution in [0.25, 0.3) is 0 Å². The van der Waals surface area contributed by atoms with E-state index in [4.69, 9.17) is 4.74 Å². The van der Waals surface area contributed by atoms with Crippen LogP contribution in [-0.2, 0) is 9.53 Å². The number of carbonyl (C=O) groups excluding carboxylic acids is 1. The van der Waals surface area contributed by atoms with Crippen molar-refractivity contribution in [3.8, 4) is 0 Å². The molecule has 4 heteroatoms. The topological polar surface area (TPSA) is 38.3 Å². The van der Waals surface area contributed by atoms with Gasteiger partial charge in [0.2, 0.25) is 5.91 Å². The Morgan fingerprint density at radius 3 is 2.71 bits per heavy atom. The summed E-state index contributed by atoms with van der Waals surface area (Å²) in [6.45, 7) is 3.56. The molecule has 0 aliphatic carbocycles. The Balaban J connectivity index is 3.23. The SMILES string of the molecule is CCC(Br)C(=O)NCCCCCOC. The molecule has 0 radical (unpaired) electrons. The smallest absolute Gasteiger partial charge is 0.233 e. The third-order valence-corrected chi connectivity index (χ3v) is 3.03. The van der Waals surface area contributed by atoms with E-state index in [0.29, 0.717) is 0 Å². The summed E-state index contributed by atoms with van der Waals surface area (Å²) in [6, 6.07) is 0. The average molecular weight is 266 g/mol. The van der Waals surface area contributed by atoms with Gasteiger partial charge >= 0.3 is 0 Å². The molecule has 0 spiro atoms. The first-order valence-electron chi connectivity index (χ1n) is 5.13. The molecule has 0 saturated heterocycles. The van der Waals surface area contributed by atoms with E-state index in [0.717, 1.165) is 38.8 Å². The zero-order valence-electron chi connectivity index (χ0n) is 9.01. The van der Waals surface area contributed by atoms with Gasteiger partial charge in [-0.05, 0) is 25.7 Å². The minimum Gasteiger partial charge on any atom is -0.385 e. The molecule has 3 nitrogen and oxygen atoms in total. The summed E-state index contributed by atoms with van der Waals surface area (Å²) >= 11 is 3.30. The highest BCUT2D eigenvalue weighted by Gasteiger charge is 2.10. The predicted octanol–water partition coefficient (Wildman–Crippen LogP) is 2.09. The Bertz CT molecular complexity index is 153. The summed E-state index contributed by atoms with van der Waals surface area (Å²) in [5, 5.41) is 2.88. The van der Waals surface area contributed by atoms with E-state index in [2.05, 4.69) is 21.2 Å². The first-order chi connectivity index (χ1) is 6.72. The second-order valence-corrected chi connectivity index (χ2v) is 4.33. The monoisotopic (exact) mass is 265 g/mol. The molecule has 0 aliphatic heterocycles. The van der Waals surface area contributed by atoms with Gasteiger partial charge in [0.05, 0.1) is 4.83 Å². The Kier molecular flexibility index (Phi) is 9.40. The molecule has 0 heterocycles. The Labute approximate surface area is 94.7 Å². The highest BCUT2D eigenvalue weighted by molar-refractivity contribution is 9.10. The molecule has 0 aromatic carbocycles. The molecule has 0 rings (SSSR count). The van der Waals surface area contributed by atoms with Crippen LogP contribution in [0.4, 0.5) is 0 Å². The molecule has 1 atom stereocenters. The van der Waals surface area contributed by atoms with Gasteiger partial charge in [0, 0.05) is 20.3 Å².